The number of nitrogens with zero attached hydrogens (tertiary/aromatic N) is 4. The van der Waals surface area contributed by atoms with Crippen molar-refractivity contribution < 1.29 is 37.7 Å². The third-order valence-corrected chi connectivity index (χ3v) is 3.16. The SMILES string of the molecule is C=C(C)O.CN1[CH-]N(CC(O)CO)c2c1n(C)c(=O)n(C)c2=O.[Ag+]. The van der Waals surface area contributed by atoms with E-state index in [1.807, 2.05) is 0 Å². The van der Waals surface area contributed by atoms with Gasteiger partial charge in [-0.2, -0.15) is 6.67 Å². The van der Waals surface area contributed by atoms with Gasteiger partial charge in [-0.25, -0.2) is 4.79 Å². The average Bonchev–Trinajstić information content (AvgIpc) is 2.78. The first-order chi connectivity index (χ1) is 10.6. The summed E-state index contributed by atoms with van der Waals surface area (Å²) in [5.41, 5.74) is -0.517. The molecule has 0 spiro atoms. The molecular weight excluding hydrogens is 412 g/mol. The number of fused-ring (bicyclic) bond motifs is 1. The largest absolute Gasteiger partial charge is 1.00 e. The molecule has 2 heterocycles. The average molecular weight is 435 g/mol. The van der Waals surface area contributed by atoms with Gasteiger partial charge in [0.1, 0.15) is 11.5 Å². The monoisotopic (exact) mass is 434 g/mol. The molecule has 1 aliphatic heterocycles. The molecule has 10 heteroatoms. The topological polar surface area (TPSA) is 111 Å². The van der Waals surface area contributed by atoms with Crippen LogP contribution in [0.5, 0.6) is 0 Å². The summed E-state index contributed by atoms with van der Waals surface area (Å²) in [5.74, 6) is 0.637. The van der Waals surface area contributed by atoms with Gasteiger partial charge < -0.3 is 25.1 Å². The molecular formula is C14H23AgN4O5. The standard InChI is InChI=1S/C11H17N4O4.C3H6O.Ag/c1-12-6-15(4-7(17)5-16)8-9(12)13(2)11(19)14(3)10(8)18;1-3(2)4;/h6-7,16-17H,4-5H2,1-3H3;4H,1H2,2H3;/q-1;;+1. The number of allylic oxidation sites excluding steroid dienone is 1. The summed E-state index contributed by atoms with van der Waals surface area (Å²) in [6.07, 6.45) is -0.961. The Morgan fingerprint density at radius 1 is 1.25 bits per heavy atom. The van der Waals surface area contributed by atoms with Gasteiger partial charge in [-0.15, -0.1) is 0 Å². The van der Waals surface area contributed by atoms with Crippen LogP contribution in [0.4, 0.5) is 11.5 Å². The normalized spacial score (nSPS) is 13.6. The minimum absolute atomic E-state index is 0. The van der Waals surface area contributed by atoms with Crippen LogP contribution in [0.15, 0.2) is 21.9 Å². The molecule has 3 N–H and O–H groups in total. The fraction of sp³-hybridized carbons (Fsp3) is 0.500. The van der Waals surface area contributed by atoms with Crippen molar-refractivity contribution in [2.45, 2.75) is 13.0 Å². The van der Waals surface area contributed by atoms with E-state index in [4.69, 9.17) is 10.2 Å². The number of aliphatic hydroxyl groups excluding tert-OH is 3. The predicted molar refractivity (Wildman–Crippen MR) is 87.5 cm³/mol. The van der Waals surface area contributed by atoms with E-state index in [9.17, 15) is 14.7 Å². The van der Waals surface area contributed by atoms with E-state index in [2.05, 4.69) is 6.58 Å². The minimum atomic E-state index is -0.961. The molecule has 0 amide bonds. The van der Waals surface area contributed by atoms with Crippen molar-refractivity contribution in [3.05, 3.63) is 39.8 Å². The molecule has 1 unspecified atom stereocenters. The number of rotatable bonds is 3. The van der Waals surface area contributed by atoms with Gasteiger partial charge in [-0.3, -0.25) is 13.9 Å². The van der Waals surface area contributed by atoms with E-state index in [0.717, 1.165) is 4.57 Å². The zero-order chi connectivity index (χ0) is 17.9. The number of β-amino-alcohol motifs (C(OH)–C–C–N with tert-alkyl or cyclic N) is 1. The van der Waals surface area contributed by atoms with Gasteiger partial charge in [0.25, 0.3) is 5.56 Å². The molecule has 1 aliphatic rings. The van der Waals surface area contributed by atoms with Crippen LogP contribution in [-0.4, -0.2) is 50.8 Å². The van der Waals surface area contributed by atoms with Crippen LogP contribution in [0.1, 0.15) is 6.92 Å². The fourth-order valence-corrected chi connectivity index (χ4v) is 2.22. The summed E-state index contributed by atoms with van der Waals surface area (Å²) in [6, 6.07) is 0. The zero-order valence-corrected chi connectivity index (χ0v) is 15.5. The van der Waals surface area contributed by atoms with Gasteiger partial charge in [-0.05, 0) is 14.0 Å². The molecule has 2 rings (SSSR count). The first kappa shape index (κ1) is 22.5. The van der Waals surface area contributed by atoms with E-state index in [1.165, 1.54) is 23.4 Å². The van der Waals surface area contributed by atoms with E-state index < -0.39 is 24.0 Å². The Kier molecular flexibility index (Phi) is 8.52. The van der Waals surface area contributed by atoms with E-state index >= 15 is 0 Å². The quantitative estimate of drug-likeness (QED) is 0.314. The number of hydrogen-bond donors (Lipinski definition) is 3. The Bertz CT molecular complexity index is 696. The Morgan fingerprint density at radius 3 is 2.21 bits per heavy atom. The first-order valence-corrected chi connectivity index (χ1v) is 6.89. The van der Waals surface area contributed by atoms with Gasteiger partial charge in [0.15, 0.2) is 0 Å². The van der Waals surface area contributed by atoms with Crippen LogP contribution in [-0.2, 0) is 36.5 Å². The second-order valence-electron chi connectivity index (χ2n) is 5.33. The third kappa shape index (κ3) is 4.74. The number of aliphatic hydroxyl groups is 3. The molecule has 1 aromatic heterocycles. The Morgan fingerprint density at radius 2 is 1.75 bits per heavy atom. The molecule has 1 atom stereocenters. The summed E-state index contributed by atoms with van der Waals surface area (Å²) < 4.78 is 2.39. The second kappa shape index (κ2) is 9.09. The van der Waals surface area contributed by atoms with Crippen molar-refractivity contribution in [3.8, 4) is 0 Å². The Hall–Kier alpha value is -1.52. The molecule has 0 fully saturated rings. The van der Waals surface area contributed by atoms with E-state index in [0.29, 0.717) is 11.5 Å². The maximum atomic E-state index is 12.2. The second-order valence-corrected chi connectivity index (χ2v) is 5.33. The van der Waals surface area contributed by atoms with Gasteiger partial charge in [-0.1, -0.05) is 6.58 Å². The number of hydrogen-bond acceptors (Lipinski definition) is 7. The number of anilines is 2. The van der Waals surface area contributed by atoms with Crippen LogP contribution < -0.4 is 21.0 Å². The van der Waals surface area contributed by atoms with Crippen LogP contribution in [0, 0.1) is 6.67 Å². The van der Waals surface area contributed by atoms with Gasteiger partial charge >= 0.3 is 28.1 Å². The molecule has 0 aliphatic carbocycles. The van der Waals surface area contributed by atoms with E-state index in [1.54, 1.807) is 25.7 Å². The van der Waals surface area contributed by atoms with Crippen molar-refractivity contribution in [1.82, 2.24) is 9.13 Å². The molecule has 0 bridgehead atoms. The molecule has 0 aromatic carbocycles. The Balaban J connectivity index is 0.000000954. The molecule has 0 radical (unpaired) electrons. The first-order valence-electron chi connectivity index (χ1n) is 6.89. The van der Waals surface area contributed by atoms with Crippen molar-refractivity contribution in [2.75, 3.05) is 30.0 Å². The summed E-state index contributed by atoms with van der Waals surface area (Å²) in [5, 5.41) is 26.3. The minimum Gasteiger partial charge on any atom is -0.513 e. The third-order valence-electron chi connectivity index (χ3n) is 3.16. The summed E-state index contributed by atoms with van der Waals surface area (Å²) in [6.45, 7) is 5.95. The molecule has 0 saturated heterocycles. The van der Waals surface area contributed by atoms with E-state index in [-0.39, 0.29) is 34.7 Å². The zero-order valence-electron chi connectivity index (χ0n) is 14.0. The maximum Gasteiger partial charge on any atom is 1.00 e. The fourth-order valence-electron chi connectivity index (χ4n) is 2.22. The van der Waals surface area contributed by atoms with Gasteiger partial charge in [0.05, 0.1) is 18.5 Å². The predicted octanol–water partition coefficient (Wildman–Crippen LogP) is -1.11. The molecule has 9 nitrogen and oxygen atoms in total. The van der Waals surface area contributed by atoms with Crippen LogP contribution in [0.2, 0.25) is 0 Å². The van der Waals surface area contributed by atoms with Crippen molar-refractivity contribution in [3.63, 3.8) is 0 Å². The molecule has 1 aromatic rings. The molecule has 140 valence electrons. The van der Waals surface area contributed by atoms with Gasteiger partial charge in [0.2, 0.25) is 0 Å². The summed E-state index contributed by atoms with van der Waals surface area (Å²) in [7, 11) is 4.70. The van der Waals surface area contributed by atoms with Crippen LogP contribution in [0.25, 0.3) is 0 Å². The van der Waals surface area contributed by atoms with Crippen LogP contribution in [0.3, 0.4) is 0 Å². The Labute approximate surface area is 155 Å². The van der Waals surface area contributed by atoms with Gasteiger partial charge in [0, 0.05) is 20.6 Å². The maximum absolute atomic E-state index is 12.2. The van der Waals surface area contributed by atoms with Crippen molar-refractivity contribution in [1.29, 1.82) is 0 Å². The summed E-state index contributed by atoms with van der Waals surface area (Å²) >= 11 is 0. The smallest absolute Gasteiger partial charge is 0.513 e. The molecule has 0 saturated carbocycles. The van der Waals surface area contributed by atoms with Crippen molar-refractivity contribution in [2.24, 2.45) is 14.1 Å². The summed E-state index contributed by atoms with van der Waals surface area (Å²) in [4.78, 5) is 27.2. The van der Waals surface area contributed by atoms with Crippen LogP contribution >= 0.6 is 0 Å². The molecule has 24 heavy (non-hydrogen) atoms. The van der Waals surface area contributed by atoms with Crippen molar-refractivity contribution >= 4 is 11.5 Å². The number of aromatic nitrogens is 2.